The highest BCUT2D eigenvalue weighted by molar-refractivity contribution is 7.08. The van der Waals surface area contributed by atoms with Gasteiger partial charge >= 0.3 is 0 Å². The number of nitrogens with one attached hydrogen (secondary N) is 1. The standard InChI is InChI=1S/C13H13N3OS/c1-8-6-18-7-9(8)5-15-13-16-11-4-10(14)2-3-12(11)17-13/h2-4,6-7H,5,14H2,1H3,(H,15,16). The second kappa shape index (κ2) is 4.34. The summed E-state index contributed by atoms with van der Waals surface area (Å²) < 4.78 is 5.59. The average molecular weight is 259 g/mol. The van der Waals surface area contributed by atoms with E-state index in [1.165, 1.54) is 11.1 Å². The average Bonchev–Trinajstić information content (AvgIpc) is 2.92. The maximum absolute atomic E-state index is 5.70. The Morgan fingerprint density at radius 1 is 1.39 bits per heavy atom. The number of aromatic nitrogens is 1. The zero-order chi connectivity index (χ0) is 12.5. The van der Waals surface area contributed by atoms with Gasteiger partial charge in [0.2, 0.25) is 0 Å². The number of oxazole rings is 1. The van der Waals surface area contributed by atoms with Crippen LogP contribution in [0.15, 0.2) is 33.4 Å². The third-order valence-electron chi connectivity index (χ3n) is 2.80. The van der Waals surface area contributed by atoms with Crippen LogP contribution >= 0.6 is 11.3 Å². The molecule has 0 spiro atoms. The maximum atomic E-state index is 5.70. The SMILES string of the molecule is Cc1cscc1CNc1nc2cc(N)ccc2o1. The van der Waals surface area contributed by atoms with Crippen LogP contribution in [0, 0.1) is 6.92 Å². The summed E-state index contributed by atoms with van der Waals surface area (Å²) in [4.78, 5) is 4.35. The second-order valence-corrected chi connectivity index (χ2v) is 4.92. The van der Waals surface area contributed by atoms with E-state index in [0.29, 0.717) is 11.7 Å². The lowest BCUT2D eigenvalue weighted by molar-refractivity contribution is 0.614. The van der Waals surface area contributed by atoms with Gasteiger partial charge in [0.05, 0.1) is 0 Å². The van der Waals surface area contributed by atoms with E-state index in [2.05, 4.69) is 28.0 Å². The molecule has 0 aliphatic carbocycles. The topological polar surface area (TPSA) is 64.1 Å². The first kappa shape index (κ1) is 11.1. The van der Waals surface area contributed by atoms with Crippen LogP contribution in [0.25, 0.3) is 11.1 Å². The molecule has 0 aliphatic rings. The molecule has 0 fully saturated rings. The van der Waals surface area contributed by atoms with Crippen molar-refractivity contribution in [3.63, 3.8) is 0 Å². The van der Waals surface area contributed by atoms with Crippen molar-refractivity contribution in [2.45, 2.75) is 13.5 Å². The highest BCUT2D eigenvalue weighted by atomic mass is 32.1. The fourth-order valence-electron chi connectivity index (χ4n) is 1.76. The third kappa shape index (κ3) is 2.04. The number of nitrogens with zero attached hydrogens (tertiary/aromatic N) is 1. The van der Waals surface area contributed by atoms with Crippen LogP contribution in [0.1, 0.15) is 11.1 Å². The molecule has 0 atom stereocenters. The van der Waals surface area contributed by atoms with Crippen molar-refractivity contribution in [2.24, 2.45) is 0 Å². The number of benzene rings is 1. The van der Waals surface area contributed by atoms with Crippen LogP contribution in [0.3, 0.4) is 0 Å². The molecule has 3 rings (SSSR count). The molecule has 2 aromatic heterocycles. The molecule has 0 saturated carbocycles. The summed E-state index contributed by atoms with van der Waals surface area (Å²) in [7, 11) is 0. The van der Waals surface area contributed by atoms with E-state index in [1.54, 1.807) is 23.5 Å². The van der Waals surface area contributed by atoms with Crippen LogP contribution in [-0.2, 0) is 6.54 Å². The van der Waals surface area contributed by atoms with Crippen LogP contribution in [0.2, 0.25) is 0 Å². The summed E-state index contributed by atoms with van der Waals surface area (Å²) in [6, 6.07) is 5.97. The molecule has 0 radical (unpaired) electrons. The van der Waals surface area contributed by atoms with Gasteiger partial charge in [-0.1, -0.05) is 0 Å². The van der Waals surface area contributed by atoms with E-state index in [-0.39, 0.29) is 0 Å². The number of aryl methyl sites for hydroxylation is 1. The Morgan fingerprint density at radius 2 is 2.28 bits per heavy atom. The van der Waals surface area contributed by atoms with Crippen molar-refractivity contribution in [1.29, 1.82) is 0 Å². The van der Waals surface area contributed by atoms with E-state index in [9.17, 15) is 0 Å². The Labute approximate surface area is 108 Å². The maximum Gasteiger partial charge on any atom is 0.295 e. The van der Waals surface area contributed by atoms with E-state index < -0.39 is 0 Å². The lowest BCUT2D eigenvalue weighted by atomic mass is 10.2. The summed E-state index contributed by atoms with van der Waals surface area (Å²) in [5.41, 5.74) is 10.5. The largest absolute Gasteiger partial charge is 0.424 e. The number of nitrogen functional groups attached to an aromatic ring is 1. The highest BCUT2D eigenvalue weighted by Gasteiger charge is 2.06. The summed E-state index contributed by atoms with van der Waals surface area (Å²) in [6.07, 6.45) is 0. The van der Waals surface area contributed by atoms with E-state index in [1.807, 2.05) is 6.07 Å². The van der Waals surface area contributed by atoms with Crippen molar-refractivity contribution in [3.8, 4) is 0 Å². The van der Waals surface area contributed by atoms with Crippen LogP contribution in [0.5, 0.6) is 0 Å². The number of rotatable bonds is 3. The van der Waals surface area contributed by atoms with Gasteiger partial charge in [-0.2, -0.15) is 16.3 Å². The van der Waals surface area contributed by atoms with E-state index in [4.69, 9.17) is 10.2 Å². The van der Waals surface area contributed by atoms with Gasteiger partial charge in [0, 0.05) is 12.2 Å². The molecule has 92 valence electrons. The quantitative estimate of drug-likeness (QED) is 0.708. The molecule has 0 saturated heterocycles. The van der Waals surface area contributed by atoms with Crippen molar-refractivity contribution < 1.29 is 4.42 Å². The fraction of sp³-hybridized carbons (Fsp3) is 0.154. The van der Waals surface area contributed by atoms with E-state index in [0.717, 1.165) is 17.6 Å². The highest BCUT2D eigenvalue weighted by Crippen LogP contribution is 2.22. The zero-order valence-corrected chi connectivity index (χ0v) is 10.8. The van der Waals surface area contributed by atoms with Crippen molar-refractivity contribution in [3.05, 3.63) is 40.1 Å². The molecule has 0 unspecified atom stereocenters. The van der Waals surface area contributed by atoms with Gasteiger partial charge in [0.1, 0.15) is 5.52 Å². The molecule has 3 N–H and O–H groups in total. The van der Waals surface area contributed by atoms with Crippen LogP contribution in [-0.4, -0.2) is 4.98 Å². The number of thiophene rings is 1. The number of fused-ring (bicyclic) bond motifs is 1. The van der Waals surface area contributed by atoms with Crippen LogP contribution < -0.4 is 11.1 Å². The van der Waals surface area contributed by atoms with E-state index >= 15 is 0 Å². The molecule has 4 nitrogen and oxygen atoms in total. The predicted molar refractivity (Wildman–Crippen MR) is 74.8 cm³/mol. The summed E-state index contributed by atoms with van der Waals surface area (Å²) in [5.74, 6) is 0. The second-order valence-electron chi connectivity index (χ2n) is 4.18. The monoisotopic (exact) mass is 259 g/mol. The smallest absolute Gasteiger partial charge is 0.295 e. The van der Waals surface area contributed by atoms with Gasteiger partial charge in [-0.05, 0) is 47.0 Å². The van der Waals surface area contributed by atoms with Gasteiger partial charge in [0.15, 0.2) is 5.58 Å². The predicted octanol–water partition coefficient (Wildman–Crippen LogP) is 3.39. The number of hydrogen-bond acceptors (Lipinski definition) is 5. The summed E-state index contributed by atoms with van der Waals surface area (Å²) >= 11 is 1.70. The molecule has 0 amide bonds. The lowest BCUT2D eigenvalue weighted by Crippen LogP contribution is -1.99. The first-order valence-corrected chi connectivity index (χ1v) is 6.58. The van der Waals surface area contributed by atoms with Gasteiger partial charge < -0.3 is 15.5 Å². The Morgan fingerprint density at radius 3 is 3.06 bits per heavy atom. The summed E-state index contributed by atoms with van der Waals surface area (Å²) in [6.45, 7) is 2.82. The first-order valence-electron chi connectivity index (χ1n) is 5.64. The number of anilines is 2. The molecule has 18 heavy (non-hydrogen) atoms. The molecule has 3 aromatic rings. The van der Waals surface area contributed by atoms with Gasteiger partial charge in [-0.3, -0.25) is 0 Å². The molecular formula is C13H13N3OS. The first-order chi connectivity index (χ1) is 8.72. The Kier molecular flexibility index (Phi) is 2.68. The van der Waals surface area contributed by atoms with Gasteiger partial charge in [-0.15, -0.1) is 0 Å². The minimum absolute atomic E-state index is 0.529. The molecule has 1 aromatic carbocycles. The molecule has 5 heteroatoms. The Bertz CT molecular complexity index is 686. The Hall–Kier alpha value is -2.01. The molecule has 2 heterocycles. The third-order valence-corrected chi connectivity index (χ3v) is 3.71. The normalized spacial score (nSPS) is 10.9. The molecule has 0 bridgehead atoms. The number of hydrogen-bond donors (Lipinski definition) is 2. The summed E-state index contributed by atoms with van der Waals surface area (Å²) in [5, 5.41) is 7.44. The minimum Gasteiger partial charge on any atom is -0.424 e. The van der Waals surface area contributed by atoms with Gasteiger partial charge in [0.25, 0.3) is 6.01 Å². The van der Waals surface area contributed by atoms with Crippen molar-refractivity contribution >= 4 is 34.1 Å². The fourth-order valence-corrected chi connectivity index (χ4v) is 2.62. The van der Waals surface area contributed by atoms with Crippen LogP contribution in [0.4, 0.5) is 11.7 Å². The lowest BCUT2D eigenvalue weighted by Gasteiger charge is -2.00. The van der Waals surface area contributed by atoms with Crippen molar-refractivity contribution in [1.82, 2.24) is 4.98 Å². The minimum atomic E-state index is 0.529. The number of nitrogens with two attached hydrogens (primary N) is 1. The Balaban J connectivity index is 1.81. The molecular weight excluding hydrogens is 246 g/mol. The molecule has 0 aliphatic heterocycles. The van der Waals surface area contributed by atoms with Gasteiger partial charge in [-0.25, -0.2) is 0 Å². The van der Waals surface area contributed by atoms with Crippen molar-refractivity contribution in [2.75, 3.05) is 11.1 Å². The zero-order valence-electron chi connectivity index (χ0n) is 9.93.